The number of carbonyl (C=O) groups excluding carboxylic acids is 1. The Morgan fingerprint density at radius 3 is 2.48 bits per heavy atom. The fourth-order valence-electron chi connectivity index (χ4n) is 3.59. The normalized spacial score (nSPS) is 17.7. The van der Waals surface area contributed by atoms with E-state index in [4.69, 9.17) is 4.52 Å². The van der Waals surface area contributed by atoms with Crippen LogP contribution in [0, 0.1) is 11.6 Å². The molecule has 1 aliphatic carbocycles. The lowest BCUT2D eigenvalue weighted by atomic mass is 10.0. The van der Waals surface area contributed by atoms with Gasteiger partial charge in [-0.3, -0.25) is 4.79 Å². The number of piperidine rings is 1. The fraction of sp³-hybridized carbons (Fsp3) is 0.421. The van der Waals surface area contributed by atoms with Gasteiger partial charge in [0, 0.05) is 30.6 Å². The number of hydrogen-bond donors (Lipinski definition) is 0. The molecule has 29 heavy (non-hydrogen) atoms. The fourth-order valence-corrected chi connectivity index (χ4v) is 3.59. The van der Waals surface area contributed by atoms with Gasteiger partial charge in [-0.15, -0.1) is 5.10 Å². The third kappa shape index (κ3) is 3.62. The number of benzene rings is 1. The SMILES string of the molecule is O=C(c1cc(F)cc(F)c1)N1CCC(n2cc(-c3nc(C4CC4)no3)nn2)CC1. The van der Waals surface area contributed by atoms with E-state index >= 15 is 0 Å². The first-order valence-electron chi connectivity index (χ1n) is 9.58. The third-order valence-electron chi connectivity index (χ3n) is 5.35. The molecular weight excluding hydrogens is 382 g/mol. The minimum absolute atomic E-state index is 0.0202. The molecule has 0 atom stereocenters. The average molecular weight is 400 g/mol. The molecule has 3 aromatic rings. The Morgan fingerprint density at radius 1 is 1.07 bits per heavy atom. The number of halogens is 2. The Bertz CT molecular complexity index is 1030. The molecule has 2 fully saturated rings. The maximum absolute atomic E-state index is 13.4. The highest BCUT2D eigenvalue weighted by atomic mass is 19.1. The molecule has 1 aliphatic heterocycles. The molecule has 1 amide bonds. The lowest BCUT2D eigenvalue weighted by molar-refractivity contribution is 0.0688. The summed E-state index contributed by atoms with van der Waals surface area (Å²) >= 11 is 0. The van der Waals surface area contributed by atoms with Gasteiger partial charge >= 0.3 is 0 Å². The minimum atomic E-state index is -0.760. The first-order chi connectivity index (χ1) is 14.1. The number of aromatic nitrogens is 5. The molecular formula is C19H18F2N6O2. The molecule has 0 unspecified atom stereocenters. The predicted molar refractivity (Wildman–Crippen MR) is 95.8 cm³/mol. The van der Waals surface area contributed by atoms with Gasteiger partial charge < -0.3 is 9.42 Å². The summed E-state index contributed by atoms with van der Waals surface area (Å²) in [7, 11) is 0. The van der Waals surface area contributed by atoms with Crippen molar-refractivity contribution in [2.24, 2.45) is 0 Å². The Kier molecular flexibility index (Phi) is 4.33. The highest BCUT2D eigenvalue weighted by Crippen LogP contribution is 2.38. The summed E-state index contributed by atoms with van der Waals surface area (Å²) in [5.41, 5.74) is 0.546. The van der Waals surface area contributed by atoms with Gasteiger partial charge in [0.2, 0.25) is 0 Å². The number of hydrogen-bond acceptors (Lipinski definition) is 6. The van der Waals surface area contributed by atoms with Gasteiger partial charge in [0.05, 0.1) is 12.2 Å². The number of nitrogens with zero attached hydrogens (tertiary/aromatic N) is 6. The molecule has 3 heterocycles. The molecule has 2 aromatic heterocycles. The Morgan fingerprint density at radius 2 is 1.79 bits per heavy atom. The van der Waals surface area contributed by atoms with Crippen molar-refractivity contribution in [1.82, 2.24) is 30.0 Å². The number of carbonyl (C=O) groups is 1. The van der Waals surface area contributed by atoms with E-state index in [1.54, 1.807) is 15.8 Å². The molecule has 1 aromatic carbocycles. The van der Waals surface area contributed by atoms with Crippen LogP contribution in [0.1, 0.15) is 53.8 Å². The molecule has 1 saturated heterocycles. The van der Waals surface area contributed by atoms with Crippen molar-refractivity contribution in [2.45, 2.75) is 37.6 Å². The quantitative estimate of drug-likeness (QED) is 0.669. The first kappa shape index (κ1) is 17.9. The monoisotopic (exact) mass is 400 g/mol. The van der Waals surface area contributed by atoms with E-state index < -0.39 is 11.6 Å². The molecule has 0 bridgehead atoms. The van der Waals surface area contributed by atoms with Crippen LogP contribution in [0.3, 0.4) is 0 Å². The lowest BCUT2D eigenvalue weighted by Crippen LogP contribution is -2.39. The Hall–Kier alpha value is -3.17. The summed E-state index contributed by atoms with van der Waals surface area (Å²) in [5, 5.41) is 12.3. The predicted octanol–water partition coefficient (Wildman–Crippen LogP) is 2.96. The largest absolute Gasteiger partial charge is 0.338 e. The molecule has 1 saturated carbocycles. The van der Waals surface area contributed by atoms with Gasteiger partial charge in [-0.1, -0.05) is 10.4 Å². The molecule has 2 aliphatic rings. The van der Waals surface area contributed by atoms with E-state index in [2.05, 4.69) is 20.5 Å². The highest BCUT2D eigenvalue weighted by molar-refractivity contribution is 5.94. The van der Waals surface area contributed by atoms with Crippen molar-refractivity contribution in [2.75, 3.05) is 13.1 Å². The molecule has 150 valence electrons. The summed E-state index contributed by atoms with van der Waals surface area (Å²) in [6, 6.07) is 2.93. The summed E-state index contributed by atoms with van der Waals surface area (Å²) < 4.78 is 33.8. The maximum atomic E-state index is 13.4. The second-order valence-electron chi connectivity index (χ2n) is 7.50. The van der Waals surface area contributed by atoms with Crippen LogP contribution in [0.4, 0.5) is 8.78 Å². The zero-order chi connectivity index (χ0) is 20.0. The molecule has 0 spiro atoms. The van der Waals surface area contributed by atoms with Crippen molar-refractivity contribution in [3.63, 3.8) is 0 Å². The number of amides is 1. The molecule has 10 heteroatoms. The smallest absolute Gasteiger partial charge is 0.280 e. The van der Waals surface area contributed by atoms with E-state index in [1.807, 2.05) is 0 Å². The second-order valence-corrected chi connectivity index (χ2v) is 7.50. The van der Waals surface area contributed by atoms with E-state index in [-0.39, 0.29) is 17.5 Å². The number of likely N-dealkylation sites (tertiary alicyclic amines) is 1. The van der Waals surface area contributed by atoms with Crippen LogP contribution in [0.2, 0.25) is 0 Å². The third-order valence-corrected chi connectivity index (χ3v) is 5.35. The van der Waals surface area contributed by atoms with Crippen LogP contribution in [0.25, 0.3) is 11.6 Å². The van der Waals surface area contributed by atoms with Crippen molar-refractivity contribution in [3.05, 3.63) is 47.4 Å². The molecule has 0 N–H and O–H groups in total. The second kappa shape index (κ2) is 7.02. The van der Waals surface area contributed by atoms with Crippen LogP contribution < -0.4 is 0 Å². The van der Waals surface area contributed by atoms with E-state index in [9.17, 15) is 13.6 Å². The van der Waals surface area contributed by atoms with E-state index in [0.29, 0.717) is 43.4 Å². The van der Waals surface area contributed by atoms with Gasteiger partial charge in [0.1, 0.15) is 11.6 Å². The van der Waals surface area contributed by atoms with Crippen LogP contribution in [0.15, 0.2) is 28.9 Å². The van der Waals surface area contributed by atoms with Crippen LogP contribution in [0.5, 0.6) is 0 Å². The van der Waals surface area contributed by atoms with Crippen molar-refractivity contribution < 1.29 is 18.1 Å². The Labute approximate surface area is 164 Å². The lowest BCUT2D eigenvalue weighted by Gasteiger charge is -2.31. The maximum Gasteiger partial charge on any atom is 0.280 e. The zero-order valence-corrected chi connectivity index (χ0v) is 15.5. The van der Waals surface area contributed by atoms with Gasteiger partial charge in [0.15, 0.2) is 11.5 Å². The van der Waals surface area contributed by atoms with Crippen LogP contribution in [-0.4, -0.2) is 49.0 Å². The van der Waals surface area contributed by atoms with Gasteiger partial charge in [-0.05, 0) is 37.8 Å². The standard InChI is InChI=1S/C19H18F2N6O2/c20-13-7-12(8-14(21)9-13)19(28)26-5-3-15(4-6-26)27-10-16(23-25-27)18-22-17(24-29-18)11-1-2-11/h7-11,15H,1-6H2. The summed E-state index contributed by atoms with van der Waals surface area (Å²) in [4.78, 5) is 18.5. The summed E-state index contributed by atoms with van der Waals surface area (Å²) in [6.45, 7) is 0.923. The average Bonchev–Trinajstić information content (AvgIpc) is 3.24. The van der Waals surface area contributed by atoms with E-state index in [1.165, 1.54) is 0 Å². The number of rotatable bonds is 4. The summed E-state index contributed by atoms with van der Waals surface area (Å²) in [5.74, 6) is -0.418. The summed E-state index contributed by atoms with van der Waals surface area (Å²) in [6.07, 6.45) is 5.26. The van der Waals surface area contributed by atoms with Gasteiger partial charge in [0.25, 0.3) is 11.8 Å². The van der Waals surface area contributed by atoms with Crippen LogP contribution >= 0.6 is 0 Å². The minimum Gasteiger partial charge on any atom is -0.338 e. The van der Waals surface area contributed by atoms with Crippen molar-refractivity contribution >= 4 is 5.91 Å². The molecule has 8 nitrogen and oxygen atoms in total. The molecule has 0 radical (unpaired) electrons. The first-order valence-corrected chi connectivity index (χ1v) is 9.58. The van der Waals surface area contributed by atoms with Gasteiger partial charge in [-0.2, -0.15) is 4.98 Å². The topological polar surface area (TPSA) is 89.9 Å². The van der Waals surface area contributed by atoms with Crippen molar-refractivity contribution in [3.8, 4) is 11.6 Å². The van der Waals surface area contributed by atoms with E-state index in [0.717, 1.165) is 36.9 Å². The van der Waals surface area contributed by atoms with Crippen molar-refractivity contribution in [1.29, 1.82) is 0 Å². The zero-order valence-electron chi connectivity index (χ0n) is 15.5. The Balaban J connectivity index is 1.23. The van der Waals surface area contributed by atoms with Gasteiger partial charge in [-0.25, -0.2) is 13.5 Å². The molecule has 5 rings (SSSR count). The highest BCUT2D eigenvalue weighted by Gasteiger charge is 2.30. The van der Waals surface area contributed by atoms with Crippen LogP contribution in [-0.2, 0) is 0 Å².